The molecular weight excluding hydrogens is 454 g/mol. The van der Waals surface area contributed by atoms with Crippen LogP contribution in [0.3, 0.4) is 0 Å². The van der Waals surface area contributed by atoms with Crippen molar-refractivity contribution in [2.75, 3.05) is 24.9 Å². The third kappa shape index (κ3) is 4.07. The van der Waals surface area contributed by atoms with Crippen LogP contribution in [-0.2, 0) is 16.6 Å². The van der Waals surface area contributed by atoms with Gasteiger partial charge in [-0.3, -0.25) is 14.3 Å². The number of likely N-dealkylation sites (tertiary alicyclic amines) is 1. The standard InChI is InChI=1S/C25H25N3O5S/c1-33-20-9-7-18(8-10-20)25(30)27-14-17-13-19(16-27)24-22(11-12-23(29)28(24)15-17)26-34(31,32)21-5-3-2-4-6-21/h2-12,17,19,26H,13-16H2,1H3/t17-,19+/m0/s1. The molecular formula is C25H25N3O5S. The van der Waals surface area contributed by atoms with Gasteiger partial charge < -0.3 is 14.2 Å². The van der Waals surface area contributed by atoms with Crippen molar-refractivity contribution in [1.29, 1.82) is 0 Å². The molecule has 8 nitrogen and oxygen atoms in total. The van der Waals surface area contributed by atoms with Crippen LogP contribution in [0, 0.1) is 5.92 Å². The van der Waals surface area contributed by atoms with Crippen molar-refractivity contribution in [1.82, 2.24) is 9.47 Å². The summed E-state index contributed by atoms with van der Waals surface area (Å²) in [5.41, 5.74) is 1.42. The van der Waals surface area contributed by atoms with Gasteiger partial charge in [-0.25, -0.2) is 8.42 Å². The molecule has 3 aromatic rings. The monoisotopic (exact) mass is 479 g/mol. The maximum Gasteiger partial charge on any atom is 0.261 e. The van der Waals surface area contributed by atoms with Crippen molar-refractivity contribution in [3.63, 3.8) is 0 Å². The topological polar surface area (TPSA) is 97.7 Å². The first-order chi connectivity index (χ1) is 16.4. The number of hydrogen-bond donors (Lipinski definition) is 1. The van der Waals surface area contributed by atoms with Gasteiger partial charge in [0.15, 0.2) is 0 Å². The molecule has 1 amide bonds. The average Bonchev–Trinajstić information content (AvgIpc) is 2.85. The normalized spacial score (nSPS) is 19.3. The molecule has 2 bridgehead atoms. The van der Waals surface area contributed by atoms with E-state index in [2.05, 4.69) is 4.72 Å². The Morgan fingerprint density at radius 3 is 2.41 bits per heavy atom. The van der Waals surface area contributed by atoms with E-state index in [1.165, 1.54) is 24.3 Å². The largest absolute Gasteiger partial charge is 0.497 e. The summed E-state index contributed by atoms with van der Waals surface area (Å²) in [6.07, 6.45) is 0.788. The first-order valence-electron chi connectivity index (χ1n) is 11.1. The molecule has 34 heavy (non-hydrogen) atoms. The minimum Gasteiger partial charge on any atom is -0.497 e. The molecule has 0 radical (unpaired) electrons. The summed E-state index contributed by atoms with van der Waals surface area (Å²) >= 11 is 0. The molecule has 1 saturated heterocycles. The number of carbonyl (C=O) groups excluding carboxylic acids is 1. The van der Waals surface area contributed by atoms with Crippen LogP contribution in [0.2, 0.25) is 0 Å². The lowest BCUT2D eigenvalue weighted by atomic mass is 9.82. The third-order valence-corrected chi connectivity index (χ3v) is 7.89. The molecule has 0 aliphatic carbocycles. The van der Waals surface area contributed by atoms with Crippen LogP contribution >= 0.6 is 0 Å². The number of carbonyl (C=O) groups is 1. The highest BCUT2D eigenvalue weighted by Gasteiger charge is 2.38. The number of fused-ring (bicyclic) bond motifs is 4. The predicted octanol–water partition coefficient (Wildman–Crippen LogP) is 2.92. The van der Waals surface area contributed by atoms with Gasteiger partial charge in [0.25, 0.3) is 21.5 Å². The number of aromatic nitrogens is 1. The van der Waals surface area contributed by atoms with Gasteiger partial charge >= 0.3 is 0 Å². The minimum atomic E-state index is -3.82. The number of nitrogens with one attached hydrogen (secondary N) is 1. The molecule has 3 heterocycles. The molecule has 2 aliphatic rings. The average molecular weight is 480 g/mol. The van der Waals surface area contributed by atoms with Crippen molar-refractivity contribution in [3.8, 4) is 5.75 Å². The highest BCUT2D eigenvalue weighted by atomic mass is 32.2. The lowest BCUT2D eigenvalue weighted by Gasteiger charge is -2.43. The number of nitrogens with zero attached hydrogens (tertiary/aromatic N) is 2. The maximum absolute atomic E-state index is 13.2. The number of benzene rings is 2. The van der Waals surface area contributed by atoms with E-state index >= 15 is 0 Å². The van der Waals surface area contributed by atoms with Crippen LogP contribution in [-0.4, -0.2) is 44.0 Å². The second-order valence-corrected chi connectivity index (χ2v) is 10.4. The number of rotatable bonds is 5. The van der Waals surface area contributed by atoms with E-state index < -0.39 is 10.0 Å². The number of pyridine rings is 1. The van der Waals surface area contributed by atoms with E-state index in [-0.39, 0.29) is 28.2 Å². The number of sulfonamides is 1. The van der Waals surface area contributed by atoms with Crippen LogP contribution < -0.4 is 15.0 Å². The van der Waals surface area contributed by atoms with Gasteiger partial charge in [-0.2, -0.15) is 0 Å². The first kappa shape index (κ1) is 22.2. The molecule has 176 valence electrons. The van der Waals surface area contributed by atoms with Crippen molar-refractivity contribution in [2.24, 2.45) is 5.92 Å². The van der Waals surface area contributed by atoms with E-state index in [1.54, 1.807) is 59.0 Å². The first-order valence-corrected chi connectivity index (χ1v) is 12.6. The molecule has 1 fully saturated rings. The quantitative estimate of drug-likeness (QED) is 0.607. The van der Waals surface area contributed by atoms with Gasteiger partial charge in [0.2, 0.25) is 0 Å². The van der Waals surface area contributed by atoms with Crippen molar-refractivity contribution < 1.29 is 17.9 Å². The third-order valence-electron chi connectivity index (χ3n) is 6.51. The Morgan fingerprint density at radius 2 is 1.71 bits per heavy atom. The Kier molecular flexibility index (Phi) is 5.65. The lowest BCUT2D eigenvalue weighted by molar-refractivity contribution is 0.0595. The van der Waals surface area contributed by atoms with Crippen LogP contribution in [0.15, 0.2) is 76.4 Å². The van der Waals surface area contributed by atoms with E-state index in [0.717, 1.165) is 6.42 Å². The number of hydrogen-bond acceptors (Lipinski definition) is 5. The highest BCUT2D eigenvalue weighted by molar-refractivity contribution is 7.92. The summed E-state index contributed by atoms with van der Waals surface area (Å²) in [6, 6.07) is 18.0. The van der Waals surface area contributed by atoms with Gasteiger partial charge in [-0.1, -0.05) is 18.2 Å². The van der Waals surface area contributed by atoms with Crippen molar-refractivity contribution in [2.45, 2.75) is 23.8 Å². The molecule has 1 aromatic heterocycles. The number of methoxy groups -OCH3 is 1. The Balaban J connectivity index is 1.46. The summed E-state index contributed by atoms with van der Waals surface area (Å²) in [6.45, 7) is 1.40. The van der Waals surface area contributed by atoms with Gasteiger partial charge in [0.05, 0.1) is 23.4 Å². The Labute approximate surface area is 197 Å². The molecule has 2 aliphatic heterocycles. The second-order valence-electron chi connectivity index (χ2n) is 8.74. The van der Waals surface area contributed by atoms with Gasteiger partial charge in [0.1, 0.15) is 5.75 Å². The smallest absolute Gasteiger partial charge is 0.261 e. The molecule has 0 unspecified atom stereocenters. The summed E-state index contributed by atoms with van der Waals surface area (Å²) in [5.74, 6) is 0.551. The summed E-state index contributed by atoms with van der Waals surface area (Å²) in [5, 5.41) is 0. The number of anilines is 1. The Bertz CT molecular complexity index is 1380. The van der Waals surface area contributed by atoms with Crippen LogP contribution in [0.4, 0.5) is 5.69 Å². The molecule has 2 atom stereocenters. The number of amides is 1. The fourth-order valence-corrected chi connectivity index (χ4v) is 6.08. The maximum atomic E-state index is 13.2. The Morgan fingerprint density at radius 1 is 0.971 bits per heavy atom. The molecule has 9 heteroatoms. The second kappa shape index (κ2) is 8.64. The molecule has 0 saturated carbocycles. The predicted molar refractivity (Wildman–Crippen MR) is 128 cm³/mol. The van der Waals surface area contributed by atoms with E-state index in [9.17, 15) is 18.0 Å². The van der Waals surface area contributed by atoms with E-state index in [1.807, 2.05) is 0 Å². The Hall–Kier alpha value is -3.59. The van der Waals surface area contributed by atoms with E-state index in [0.29, 0.717) is 42.3 Å². The molecule has 2 aromatic carbocycles. The summed E-state index contributed by atoms with van der Waals surface area (Å²) < 4.78 is 35.5. The summed E-state index contributed by atoms with van der Waals surface area (Å²) in [4.78, 5) is 27.8. The summed E-state index contributed by atoms with van der Waals surface area (Å²) in [7, 11) is -2.25. The van der Waals surface area contributed by atoms with Crippen molar-refractivity contribution in [3.05, 3.63) is 88.3 Å². The van der Waals surface area contributed by atoms with Crippen LogP contribution in [0.25, 0.3) is 0 Å². The zero-order valence-electron chi connectivity index (χ0n) is 18.7. The number of ether oxygens (including phenoxy) is 1. The zero-order chi connectivity index (χ0) is 23.9. The van der Waals surface area contributed by atoms with Gasteiger partial charge in [-0.15, -0.1) is 0 Å². The van der Waals surface area contributed by atoms with Crippen LogP contribution in [0.1, 0.15) is 28.4 Å². The fourth-order valence-electron chi connectivity index (χ4n) is 4.99. The fraction of sp³-hybridized carbons (Fsp3) is 0.280. The lowest BCUT2D eigenvalue weighted by Crippen LogP contribution is -2.49. The zero-order valence-corrected chi connectivity index (χ0v) is 19.5. The molecule has 0 spiro atoms. The molecule has 5 rings (SSSR count). The van der Waals surface area contributed by atoms with Gasteiger partial charge in [-0.05, 0) is 54.8 Å². The molecule has 1 N–H and O–H groups in total. The van der Waals surface area contributed by atoms with E-state index in [4.69, 9.17) is 4.74 Å². The van der Waals surface area contributed by atoms with Crippen LogP contribution in [0.5, 0.6) is 5.75 Å². The number of piperidine rings is 1. The SMILES string of the molecule is COc1ccc(C(=O)N2C[C@@H]3C[C@H](C2)c2c(NS(=O)(=O)c4ccccc4)ccc(=O)n2C3)cc1. The highest BCUT2D eigenvalue weighted by Crippen LogP contribution is 2.39. The minimum absolute atomic E-state index is 0.0875. The van der Waals surface area contributed by atoms with Crippen molar-refractivity contribution >= 4 is 21.6 Å². The van der Waals surface area contributed by atoms with Gasteiger partial charge in [0, 0.05) is 37.2 Å².